The van der Waals surface area contributed by atoms with E-state index in [9.17, 15) is 18.0 Å². The minimum absolute atomic E-state index is 0.0800. The van der Waals surface area contributed by atoms with Crippen molar-refractivity contribution in [2.45, 2.75) is 25.4 Å². The van der Waals surface area contributed by atoms with Crippen molar-refractivity contribution >= 4 is 5.91 Å². The van der Waals surface area contributed by atoms with E-state index in [-0.39, 0.29) is 11.8 Å². The zero-order valence-corrected chi connectivity index (χ0v) is 12.7. The molecule has 0 aliphatic heterocycles. The van der Waals surface area contributed by atoms with Crippen molar-refractivity contribution in [3.8, 4) is 0 Å². The Kier molecular flexibility index (Phi) is 5.42. The highest BCUT2D eigenvalue weighted by atomic mass is 19.4. The molecule has 1 amide bonds. The lowest BCUT2D eigenvalue weighted by Crippen LogP contribution is -2.27. The predicted octanol–water partition coefficient (Wildman–Crippen LogP) is 4.17. The third-order valence-corrected chi connectivity index (χ3v) is 3.63. The van der Waals surface area contributed by atoms with Crippen LogP contribution < -0.4 is 5.32 Å². The molecule has 2 aromatic carbocycles. The summed E-state index contributed by atoms with van der Waals surface area (Å²) in [4.78, 5) is 11.2. The number of halogens is 3. The number of alkyl halides is 3. The number of hydrogen-bond acceptors (Lipinski definition) is 1. The van der Waals surface area contributed by atoms with E-state index in [1.165, 1.54) is 19.1 Å². The normalized spacial score (nSPS) is 12.7. The molecule has 2 aromatic rings. The van der Waals surface area contributed by atoms with E-state index in [0.717, 1.165) is 23.3 Å². The molecule has 0 heterocycles. The lowest BCUT2D eigenvalue weighted by molar-refractivity contribution is -0.137. The highest BCUT2D eigenvalue weighted by molar-refractivity contribution is 5.72. The number of hydrogen-bond donors (Lipinski definition) is 1. The van der Waals surface area contributed by atoms with Crippen LogP contribution in [-0.4, -0.2) is 12.5 Å². The second kappa shape index (κ2) is 7.31. The number of carbonyl (C=O) groups excluding carboxylic acids is 1. The standard InChI is InChI=1S/C18H18F3NO/c1-13(23)22-12-16(11-14-5-3-2-4-6-14)15-7-9-17(10-8-15)18(19,20)21/h2-10,16H,11-12H2,1H3,(H,22,23)/t16-/m1/s1. The highest BCUT2D eigenvalue weighted by Gasteiger charge is 2.30. The number of nitrogens with one attached hydrogen (secondary N) is 1. The van der Waals surface area contributed by atoms with E-state index >= 15 is 0 Å². The van der Waals surface area contributed by atoms with Crippen LogP contribution in [0.4, 0.5) is 13.2 Å². The Morgan fingerprint density at radius 2 is 1.65 bits per heavy atom. The Balaban J connectivity index is 2.20. The fraction of sp³-hybridized carbons (Fsp3) is 0.278. The molecule has 5 heteroatoms. The molecule has 0 aliphatic rings. The molecule has 0 unspecified atom stereocenters. The summed E-state index contributed by atoms with van der Waals surface area (Å²) in [6.45, 7) is 1.81. The summed E-state index contributed by atoms with van der Waals surface area (Å²) in [6, 6.07) is 14.8. The van der Waals surface area contributed by atoms with Crippen molar-refractivity contribution < 1.29 is 18.0 Å². The monoisotopic (exact) mass is 321 g/mol. The van der Waals surface area contributed by atoms with Crippen LogP contribution in [0.3, 0.4) is 0 Å². The molecular weight excluding hydrogens is 303 g/mol. The average Bonchev–Trinajstić information content (AvgIpc) is 2.51. The Hall–Kier alpha value is -2.30. The molecule has 1 N–H and O–H groups in total. The molecule has 0 saturated heterocycles. The van der Waals surface area contributed by atoms with Crippen LogP contribution in [0.5, 0.6) is 0 Å². The van der Waals surface area contributed by atoms with Gasteiger partial charge >= 0.3 is 6.18 Å². The fourth-order valence-corrected chi connectivity index (χ4v) is 2.42. The van der Waals surface area contributed by atoms with Gasteiger partial charge in [0.05, 0.1) is 5.56 Å². The second-order valence-corrected chi connectivity index (χ2v) is 5.44. The molecule has 0 aliphatic carbocycles. The first-order valence-electron chi connectivity index (χ1n) is 7.32. The van der Waals surface area contributed by atoms with Gasteiger partial charge in [0.1, 0.15) is 0 Å². The molecule has 2 nitrogen and oxygen atoms in total. The van der Waals surface area contributed by atoms with Gasteiger partial charge < -0.3 is 5.32 Å². The average molecular weight is 321 g/mol. The zero-order valence-electron chi connectivity index (χ0n) is 12.7. The molecule has 0 aromatic heterocycles. The number of benzene rings is 2. The number of rotatable bonds is 5. The third-order valence-electron chi connectivity index (χ3n) is 3.63. The van der Waals surface area contributed by atoms with Crippen LogP contribution in [0.1, 0.15) is 29.5 Å². The van der Waals surface area contributed by atoms with Crippen LogP contribution in [0.2, 0.25) is 0 Å². The van der Waals surface area contributed by atoms with Crippen molar-refractivity contribution in [3.05, 3.63) is 71.3 Å². The van der Waals surface area contributed by atoms with Gasteiger partial charge in [0.2, 0.25) is 5.91 Å². The maximum atomic E-state index is 12.7. The first-order chi connectivity index (χ1) is 10.9. The summed E-state index contributed by atoms with van der Waals surface area (Å²) in [6.07, 6.45) is -3.70. The van der Waals surface area contributed by atoms with Gasteiger partial charge in [0.25, 0.3) is 0 Å². The van der Waals surface area contributed by atoms with Gasteiger partial charge in [0.15, 0.2) is 0 Å². The highest BCUT2D eigenvalue weighted by Crippen LogP contribution is 2.30. The van der Waals surface area contributed by atoms with Crippen LogP contribution in [0.15, 0.2) is 54.6 Å². The topological polar surface area (TPSA) is 29.1 Å². The molecule has 0 spiro atoms. The van der Waals surface area contributed by atoms with Crippen molar-refractivity contribution in [2.75, 3.05) is 6.54 Å². The Bertz CT molecular complexity index is 636. The van der Waals surface area contributed by atoms with E-state index < -0.39 is 11.7 Å². The molecular formula is C18H18F3NO. The quantitative estimate of drug-likeness (QED) is 0.880. The van der Waals surface area contributed by atoms with Crippen LogP contribution >= 0.6 is 0 Å². The van der Waals surface area contributed by atoms with Gasteiger partial charge in [-0.1, -0.05) is 42.5 Å². The minimum atomic E-state index is -4.34. The van der Waals surface area contributed by atoms with E-state index in [1.54, 1.807) is 0 Å². The van der Waals surface area contributed by atoms with Gasteiger partial charge in [-0.05, 0) is 29.7 Å². The molecule has 23 heavy (non-hydrogen) atoms. The zero-order chi connectivity index (χ0) is 16.9. The third kappa shape index (κ3) is 5.13. The lowest BCUT2D eigenvalue weighted by atomic mass is 9.91. The van der Waals surface area contributed by atoms with Crippen molar-refractivity contribution in [3.63, 3.8) is 0 Å². The van der Waals surface area contributed by atoms with Crippen molar-refractivity contribution in [1.82, 2.24) is 5.32 Å². The summed E-state index contributed by atoms with van der Waals surface area (Å²) in [5, 5.41) is 2.75. The van der Waals surface area contributed by atoms with Gasteiger partial charge in [-0.2, -0.15) is 13.2 Å². The Labute approximate surface area is 133 Å². The van der Waals surface area contributed by atoms with Gasteiger partial charge in [-0.15, -0.1) is 0 Å². The van der Waals surface area contributed by atoms with Crippen molar-refractivity contribution in [2.24, 2.45) is 0 Å². The lowest BCUT2D eigenvalue weighted by Gasteiger charge is -2.19. The largest absolute Gasteiger partial charge is 0.416 e. The van der Waals surface area contributed by atoms with Gasteiger partial charge in [-0.25, -0.2) is 0 Å². The molecule has 2 rings (SSSR count). The molecule has 0 fully saturated rings. The number of amides is 1. The Morgan fingerprint density at radius 3 is 2.17 bits per heavy atom. The maximum Gasteiger partial charge on any atom is 0.416 e. The molecule has 0 saturated carbocycles. The van der Waals surface area contributed by atoms with E-state index in [2.05, 4.69) is 5.32 Å². The summed E-state index contributed by atoms with van der Waals surface area (Å²) < 4.78 is 38.0. The van der Waals surface area contributed by atoms with Crippen LogP contribution in [0, 0.1) is 0 Å². The van der Waals surface area contributed by atoms with Crippen LogP contribution in [0.25, 0.3) is 0 Å². The maximum absolute atomic E-state index is 12.7. The van der Waals surface area contributed by atoms with E-state index in [1.807, 2.05) is 30.3 Å². The molecule has 122 valence electrons. The Morgan fingerprint density at radius 1 is 1.04 bits per heavy atom. The molecule has 0 bridgehead atoms. The first-order valence-corrected chi connectivity index (χ1v) is 7.32. The smallest absolute Gasteiger partial charge is 0.356 e. The van der Waals surface area contributed by atoms with Gasteiger partial charge in [-0.3, -0.25) is 4.79 Å². The second-order valence-electron chi connectivity index (χ2n) is 5.44. The minimum Gasteiger partial charge on any atom is -0.356 e. The summed E-state index contributed by atoms with van der Waals surface area (Å²) in [5.74, 6) is -0.237. The summed E-state index contributed by atoms with van der Waals surface area (Å²) >= 11 is 0. The predicted molar refractivity (Wildman–Crippen MR) is 83.0 cm³/mol. The van der Waals surface area contributed by atoms with E-state index in [0.29, 0.717) is 13.0 Å². The van der Waals surface area contributed by atoms with E-state index in [4.69, 9.17) is 0 Å². The summed E-state index contributed by atoms with van der Waals surface area (Å²) in [7, 11) is 0. The van der Waals surface area contributed by atoms with Crippen molar-refractivity contribution in [1.29, 1.82) is 0 Å². The fourth-order valence-electron chi connectivity index (χ4n) is 2.42. The SMILES string of the molecule is CC(=O)NC[C@@H](Cc1ccccc1)c1ccc(C(F)(F)F)cc1. The van der Waals surface area contributed by atoms with Gasteiger partial charge in [0, 0.05) is 19.4 Å². The molecule has 0 radical (unpaired) electrons. The number of carbonyl (C=O) groups is 1. The van der Waals surface area contributed by atoms with Crippen LogP contribution in [-0.2, 0) is 17.4 Å². The summed E-state index contributed by atoms with van der Waals surface area (Å²) in [5.41, 5.74) is 1.18. The first kappa shape index (κ1) is 17.1. The molecule has 1 atom stereocenters.